The normalized spacial score (nSPS) is 13.2. The highest BCUT2D eigenvalue weighted by molar-refractivity contribution is 7.21. The molecule has 1 aliphatic heterocycles. The van der Waals surface area contributed by atoms with Gasteiger partial charge in [-0.2, -0.15) is 4.98 Å². The molecule has 1 fully saturated rings. The van der Waals surface area contributed by atoms with Crippen LogP contribution in [0.5, 0.6) is 5.75 Å². The number of amides is 1. The zero-order valence-corrected chi connectivity index (χ0v) is 18.9. The summed E-state index contributed by atoms with van der Waals surface area (Å²) in [5.41, 5.74) is 2.89. The minimum absolute atomic E-state index is 0.294. The molecule has 1 saturated heterocycles. The van der Waals surface area contributed by atoms with E-state index < -0.39 is 0 Å². The van der Waals surface area contributed by atoms with Crippen LogP contribution in [0, 0.1) is 6.92 Å². The number of thiazole rings is 1. The summed E-state index contributed by atoms with van der Waals surface area (Å²) in [7, 11) is 1.54. The average molecular weight is 468 g/mol. The standard InChI is InChI=1S/C21H18ClN7O2S/c1-11-6-12(13-7-16(22)24-9-15(13)31-2)14(8-23-11)19(30)28-21-27-18-20(32-21)26-17(10-25-18)29-4-3-5-29/h6-10H,3-5H2,1-2H3,(H,25,27,28,30). The van der Waals surface area contributed by atoms with Gasteiger partial charge in [0.25, 0.3) is 5.91 Å². The maximum absolute atomic E-state index is 13.2. The Morgan fingerprint density at radius 2 is 1.97 bits per heavy atom. The van der Waals surface area contributed by atoms with Crippen LogP contribution < -0.4 is 15.0 Å². The number of nitrogens with zero attached hydrogens (tertiary/aromatic N) is 6. The predicted molar refractivity (Wildman–Crippen MR) is 124 cm³/mol. The number of rotatable bonds is 5. The Labute approximate surface area is 192 Å². The summed E-state index contributed by atoms with van der Waals surface area (Å²) in [6.45, 7) is 3.81. The molecule has 11 heteroatoms. The van der Waals surface area contributed by atoms with Crippen LogP contribution in [0.15, 0.2) is 30.7 Å². The number of fused-ring (bicyclic) bond motifs is 1. The summed E-state index contributed by atoms with van der Waals surface area (Å²) in [4.78, 5) is 37.8. The predicted octanol–water partition coefficient (Wildman–Crippen LogP) is 3.98. The van der Waals surface area contributed by atoms with Gasteiger partial charge in [0.15, 0.2) is 15.6 Å². The molecule has 4 aromatic rings. The number of hydrogen-bond donors (Lipinski definition) is 1. The number of anilines is 2. The van der Waals surface area contributed by atoms with Crippen molar-refractivity contribution in [2.75, 3.05) is 30.4 Å². The maximum atomic E-state index is 13.2. The highest BCUT2D eigenvalue weighted by atomic mass is 35.5. The van der Waals surface area contributed by atoms with Crippen molar-refractivity contribution in [3.8, 4) is 16.9 Å². The van der Waals surface area contributed by atoms with Crippen LogP contribution in [0.3, 0.4) is 0 Å². The van der Waals surface area contributed by atoms with Crippen LogP contribution in [-0.2, 0) is 0 Å². The Balaban J connectivity index is 1.48. The van der Waals surface area contributed by atoms with E-state index in [1.807, 2.05) is 13.0 Å². The molecule has 4 aromatic heterocycles. The molecule has 0 bridgehead atoms. The number of aryl methyl sites for hydroxylation is 1. The number of halogens is 1. The second-order valence-electron chi connectivity index (χ2n) is 7.25. The van der Waals surface area contributed by atoms with Crippen LogP contribution in [0.1, 0.15) is 22.5 Å². The lowest BCUT2D eigenvalue weighted by Gasteiger charge is -2.31. The topological polar surface area (TPSA) is 106 Å². The van der Waals surface area contributed by atoms with Crippen LogP contribution in [0.2, 0.25) is 5.15 Å². The number of pyridine rings is 2. The van der Waals surface area contributed by atoms with Crippen LogP contribution in [0.4, 0.5) is 10.9 Å². The zero-order valence-electron chi connectivity index (χ0n) is 17.3. The average Bonchev–Trinajstić information content (AvgIpc) is 3.13. The lowest BCUT2D eigenvalue weighted by Crippen LogP contribution is -2.37. The number of nitrogens with one attached hydrogen (secondary N) is 1. The second-order valence-corrected chi connectivity index (χ2v) is 8.61. The van der Waals surface area contributed by atoms with E-state index >= 15 is 0 Å². The number of hydrogen-bond acceptors (Lipinski definition) is 9. The van der Waals surface area contributed by atoms with E-state index in [9.17, 15) is 4.79 Å². The van der Waals surface area contributed by atoms with Gasteiger partial charge in [-0.05, 0) is 25.5 Å². The van der Waals surface area contributed by atoms with Crippen molar-refractivity contribution in [2.24, 2.45) is 0 Å². The molecule has 162 valence electrons. The highest BCUT2D eigenvalue weighted by Gasteiger charge is 2.21. The van der Waals surface area contributed by atoms with Gasteiger partial charge in [0.1, 0.15) is 16.7 Å². The van der Waals surface area contributed by atoms with Crippen molar-refractivity contribution in [3.05, 3.63) is 47.1 Å². The van der Waals surface area contributed by atoms with Crippen molar-refractivity contribution < 1.29 is 9.53 Å². The van der Waals surface area contributed by atoms with Gasteiger partial charge in [-0.1, -0.05) is 22.9 Å². The van der Waals surface area contributed by atoms with Gasteiger partial charge >= 0.3 is 0 Å². The first kappa shape index (κ1) is 20.5. The molecule has 1 aliphatic rings. The molecular formula is C21H18ClN7O2S. The van der Waals surface area contributed by atoms with Gasteiger partial charge < -0.3 is 9.64 Å². The number of carbonyl (C=O) groups is 1. The van der Waals surface area contributed by atoms with E-state index in [0.29, 0.717) is 43.2 Å². The van der Waals surface area contributed by atoms with E-state index in [4.69, 9.17) is 16.3 Å². The summed E-state index contributed by atoms with van der Waals surface area (Å²) in [5.74, 6) is 0.974. The Morgan fingerprint density at radius 3 is 2.72 bits per heavy atom. The smallest absolute Gasteiger partial charge is 0.259 e. The Bertz CT molecular complexity index is 1340. The van der Waals surface area contributed by atoms with E-state index in [-0.39, 0.29) is 5.91 Å². The molecule has 9 nitrogen and oxygen atoms in total. The second kappa shape index (κ2) is 8.29. The molecule has 1 N–H and O–H groups in total. The Morgan fingerprint density at radius 1 is 1.12 bits per heavy atom. The molecule has 1 amide bonds. The van der Waals surface area contributed by atoms with Crippen molar-refractivity contribution in [1.82, 2.24) is 24.9 Å². The number of carbonyl (C=O) groups excluding carboxylic acids is 1. The molecule has 5 heterocycles. The van der Waals surface area contributed by atoms with E-state index in [1.54, 1.807) is 12.3 Å². The Kier molecular flexibility index (Phi) is 5.32. The first-order valence-electron chi connectivity index (χ1n) is 9.88. The molecule has 5 rings (SSSR count). The van der Waals surface area contributed by atoms with Crippen LogP contribution >= 0.6 is 22.9 Å². The molecule has 0 atom stereocenters. The van der Waals surface area contributed by atoms with Crippen molar-refractivity contribution in [3.63, 3.8) is 0 Å². The molecular weight excluding hydrogens is 450 g/mol. The third-order valence-electron chi connectivity index (χ3n) is 5.14. The number of ether oxygens (including phenoxy) is 1. The number of aromatic nitrogens is 5. The fourth-order valence-electron chi connectivity index (χ4n) is 3.38. The molecule has 0 unspecified atom stereocenters. The summed E-state index contributed by atoms with van der Waals surface area (Å²) in [5, 5.41) is 3.56. The van der Waals surface area contributed by atoms with Gasteiger partial charge in [-0.15, -0.1) is 0 Å². The van der Waals surface area contributed by atoms with Gasteiger partial charge in [0.05, 0.1) is 25.1 Å². The van der Waals surface area contributed by atoms with E-state index in [1.165, 1.54) is 30.8 Å². The fraction of sp³-hybridized carbons (Fsp3) is 0.238. The molecule has 0 spiro atoms. The minimum atomic E-state index is -0.357. The highest BCUT2D eigenvalue weighted by Crippen LogP contribution is 2.34. The first-order valence-corrected chi connectivity index (χ1v) is 11.1. The molecule has 0 aromatic carbocycles. The summed E-state index contributed by atoms with van der Waals surface area (Å²) in [6, 6.07) is 3.47. The van der Waals surface area contributed by atoms with Crippen LogP contribution in [-0.4, -0.2) is 51.0 Å². The number of methoxy groups -OCH3 is 1. The maximum Gasteiger partial charge on any atom is 0.259 e. The van der Waals surface area contributed by atoms with Gasteiger partial charge in [-0.3, -0.25) is 15.1 Å². The van der Waals surface area contributed by atoms with E-state index in [2.05, 4.69) is 35.1 Å². The Hall–Kier alpha value is -3.37. The van der Waals surface area contributed by atoms with Crippen molar-refractivity contribution in [1.29, 1.82) is 0 Å². The van der Waals surface area contributed by atoms with Crippen molar-refractivity contribution in [2.45, 2.75) is 13.3 Å². The third kappa shape index (κ3) is 3.82. The molecule has 0 aliphatic carbocycles. The quantitative estimate of drug-likeness (QED) is 0.439. The van der Waals surface area contributed by atoms with E-state index in [0.717, 1.165) is 31.0 Å². The molecule has 0 saturated carbocycles. The SMILES string of the molecule is COc1cnc(Cl)cc1-c1cc(C)ncc1C(=O)Nc1nc2ncc(N3CCC3)nc2s1. The minimum Gasteiger partial charge on any atom is -0.494 e. The largest absolute Gasteiger partial charge is 0.494 e. The van der Waals surface area contributed by atoms with Gasteiger partial charge in [0, 0.05) is 36.1 Å². The first-order chi connectivity index (χ1) is 15.5. The molecule has 32 heavy (non-hydrogen) atoms. The van der Waals surface area contributed by atoms with Gasteiger partial charge in [0.2, 0.25) is 0 Å². The third-order valence-corrected chi connectivity index (χ3v) is 6.20. The van der Waals surface area contributed by atoms with Crippen LogP contribution in [0.25, 0.3) is 21.6 Å². The summed E-state index contributed by atoms with van der Waals surface area (Å²) < 4.78 is 5.43. The fourth-order valence-corrected chi connectivity index (χ4v) is 4.33. The summed E-state index contributed by atoms with van der Waals surface area (Å²) in [6.07, 6.45) is 5.92. The lowest BCUT2D eigenvalue weighted by molar-refractivity contribution is 0.102. The monoisotopic (exact) mass is 467 g/mol. The zero-order chi connectivity index (χ0) is 22.2. The lowest BCUT2D eigenvalue weighted by atomic mass is 10.0. The van der Waals surface area contributed by atoms with Gasteiger partial charge in [-0.25, -0.2) is 15.0 Å². The molecule has 0 radical (unpaired) electrons. The van der Waals surface area contributed by atoms with Crippen molar-refractivity contribution >= 4 is 50.3 Å². The summed E-state index contributed by atoms with van der Waals surface area (Å²) >= 11 is 7.39.